The smallest absolute Gasteiger partial charge is 0.254 e. The number of hydrogen-bond acceptors (Lipinski definition) is 5. The number of carbonyl (C=O) groups is 1. The molecule has 8 heteroatoms. The van der Waals surface area contributed by atoms with Gasteiger partial charge < -0.3 is 19.1 Å². The van der Waals surface area contributed by atoms with Crippen LogP contribution >= 0.6 is 0 Å². The van der Waals surface area contributed by atoms with Crippen molar-refractivity contribution in [2.24, 2.45) is 0 Å². The van der Waals surface area contributed by atoms with E-state index < -0.39 is 5.82 Å². The van der Waals surface area contributed by atoms with E-state index in [1.807, 2.05) is 55.5 Å². The van der Waals surface area contributed by atoms with Gasteiger partial charge in [0.25, 0.3) is 5.91 Å². The van der Waals surface area contributed by atoms with E-state index in [-0.39, 0.29) is 18.0 Å². The van der Waals surface area contributed by atoms with Crippen LogP contribution in [0.1, 0.15) is 21.6 Å². The summed E-state index contributed by atoms with van der Waals surface area (Å²) in [4.78, 5) is 15.0. The fourth-order valence-corrected chi connectivity index (χ4v) is 3.79. The van der Waals surface area contributed by atoms with Crippen LogP contribution in [0.4, 0.5) is 4.39 Å². The highest BCUT2D eigenvalue weighted by atomic mass is 19.1. The van der Waals surface area contributed by atoms with Crippen molar-refractivity contribution in [3.63, 3.8) is 0 Å². The first-order valence-electron chi connectivity index (χ1n) is 11.5. The minimum Gasteiger partial charge on any atom is -0.497 e. The van der Waals surface area contributed by atoms with Gasteiger partial charge in [-0.05, 0) is 49.4 Å². The SMILES string of the molecule is COCCN(Cc1c(C)nn(-c2ccccc2)c1Oc1cccc(OC)c1)C(=O)c1cccc(F)c1. The van der Waals surface area contributed by atoms with E-state index in [2.05, 4.69) is 0 Å². The fraction of sp³-hybridized carbons (Fsp3) is 0.214. The third-order valence-corrected chi connectivity index (χ3v) is 5.67. The Bertz CT molecular complexity index is 1320. The summed E-state index contributed by atoms with van der Waals surface area (Å²) in [6.07, 6.45) is 0. The maximum absolute atomic E-state index is 13.9. The molecule has 0 bridgehead atoms. The van der Waals surface area contributed by atoms with Gasteiger partial charge in [-0.15, -0.1) is 0 Å². The highest BCUT2D eigenvalue weighted by Crippen LogP contribution is 2.33. The Morgan fingerprint density at radius 2 is 1.72 bits per heavy atom. The number of aryl methyl sites for hydroxylation is 1. The molecule has 0 radical (unpaired) electrons. The molecule has 7 nitrogen and oxygen atoms in total. The summed E-state index contributed by atoms with van der Waals surface area (Å²) in [7, 11) is 3.16. The summed E-state index contributed by atoms with van der Waals surface area (Å²) in [6.45, 7) is 2.68. The summed E-state index contributed by atoms with van der Waals surface area (Å²) < 4.78 is 32.5. The molecule has 0 saturated heterocycles. The lowest BCUT2D eigenvalue weighted by Gasteiger charge is -2.23. The van der Waals surface area contributed by atoms with Gasteiger partial charge in [0.1, 0.15) is 17.3 Å². The molecular formula is C28H28FN3O4. The molecule has 36 heavy (non-hydrogen) atoms. The van der Waals surface area contributed by atoms with Gasteiger partial charge in [-0.1, -0.05) is 30.3 Å². The maximum Gasteiger partial charge on any atom is 0.254 e. The molecule has 0 saturated carbocycles. The van der Waals surface area contributed by atoms with Crippen molar-refractivity contribution in [1.29, 1.82) is 0 Å². The van der Waals surface area contributed by atoms with Crippen LogP contribution in [0, 0.1) is 12.7 Å². The summed E-state index contributed by atoms with van der Waals surface area (Å²) in [5.74, 6) is 0.905. The van der Waals surface area contributed by atoms with E-state index in [0.717, 1.165) is 11.3 Å². The Morgan fingerprint density at radius 3 is 2.44 bits per heavy atom. The van der Waals surface area contributed by atoms with Crippen molar-refractivity contribution in [2.75, 3.05) is 27.4 Å². The van der Waals surface area contributed by atoms with Crippen LogP contribution in [0.5, 0.6) is 17.4 Å². The number of ether oxygens (including phenoxy) is 3. The van der Waals surface area contributed by atoms with Crippen molar-refractivity contribution in [1.82, 2.24) is 14.7 Å². The van der Waals surface area contributed by atoms with E-state index in [1.54, 1.807) is 35.9 Å². The minimum absolute atomic E-state index is 0.191. The number of methoxy groups -OCH3 is 2. The Balaban J connectivity index is 1.76. The van der Waals surface area contributed by atoms with Gasteiger partial charge in [-0.2, -0.15) is 5.10 Å². The molecule has 4 rings (SSSR count). The normalized spacial score (nSPS) is 10.8. The average molecular weight is 490 g/mol. The molecule has 1 heterocycles. The number of aromatic nitrogens is 2. The average Bonchev–Trinajstić information content (AvgIpc) is 3.21. The predicted octanol–water partition coefficient (Wildman–Crippen LogP) is 5.41. The van der Waals surface area contributed by atoms with E-state index >= 15 is 0 Å². The predicted molar refractivity (Wildman–Crippen MR) is 134 cm³/mol. The molecule has 3 aromatic carbocycles. The third-order valence-electron chi connectivity index (χ3n) is 5.67. The summed E-state index contributed by atoms with van der Waals surface area (Å²) >= 11 is 0. The molecule has 0 fully saturated rings. The first kappa shape index (κ1) is 24.9. The number of para-hydroxylation sites is 1. The van der Waals surface area contributed by atoms with Crippen LogP contribution in [-0.4, -0.2) is 48.0 Å². The molecule has 0 atom stereocenters. The number of carbonyl (C=O) groups excluding carboxylic acids is 1. The lowest BCUT2D eigenvalue weighted by molar-refractivity contribution is 0.0678. The van der Waals surface area contributed by atoms with E-state index in [0.29, 0.717) is 36.2 Å². The van der Waals surface area contributed by atoms with E-state index in [9.17, 15) is 9.18 Å². The number of halogens is 1. The Hall–Kier alpha value is -4.17. The van der Waals surface area contributed by atoms with Crippen LogP contribution in [0.2, 0.25) is 0 Å². The highest BCUT2D eigenvalue weighted by Gasteiger charge is 2.24. The second kappa shape index (κ2) is 11.5. The summed E-state index contributed by atoms with van der Waals surface area (Å²) in [5, 5.41) is 4.73. The van der Waals surface area contributed by atoms with Crippen LogP contribution in [-0.2, 0) is 11.3 Å². The molecule has 186 valence electrons. The van der Waals surface area contributed by atoms with Crippen LogP contribution < -0.4 is 9.47 Å². The van der Waals surface area contributed by atoms with Gasteiger partial charge in [-0.3, -0.25) is 4.79 Å². The zero-order valence-corrected chi connectivity index (χ0v) is 20.5. The van der Waals surface area contributed by atoms with Gasteiger partial charge in [0, 0.05) is 25.3 Å². The topological polar surface area (TPSA) is 65.8 Å². The largest absolute Gasteiger partial charge is 0.497 e. The van der Waals surface area contributed by atoms with Gasteiger partial charge in [0.2, 0.25) is 5.88 Å². The molecule has 1 amide bonds. The molecule has 0 N–H and O–H groups in total. The molecular weight excluding hydrogens is 461 g/mol. The number of nitrogens with zero attached hydrogens (tertiary/aromatic N) is 3. The van der Waals surface area contributed by atoms with Crippen LogP contribution in [0.15, 0.2) is 78.9 Å². The summed E-state index contributed by atoms with van der Waals surface area (Å²) in [5.41, 5.74) is 2.49. The molecule has 4 aromatic rings. The van der Waals surface area contributed by atoms with E-state index in [4.69, 9.17) is 19.3 Å². The molecule has 1 aromatic heterocycles. The van der Waals surface area contributed by atoms with Crippen LogP contribution in [0.3, 0.4) is 0 Å². The number of hydrogen-bond donors (Lipinski definition) is 0. The van der Waals surface area contributed by atoms with Gasteiger partial charge in [0.15, 0.2) is 0 Å². The van der Waals surface area contributed by atoms with Crippen molar-refractivity contribution in [3.8, 4) is 23.1 Å². The number of benzene rings is 3. The van der Waals surface area contributed by atoms with Gasteiger partial charge >= 0.3 is 0 Å². The van der Waals surface area contributed by atoms with Gasteiger partial charge in [0.05, 0.1) is 37.2 Å². The molecule has 0 aliphatic carbocycles. The Morgan fingerprint density at radius 1 is 0.972 bits per heavy atom. The maximum atomic E-state index is 13.9. The first-order chi connectivity index (χ1) is 17.5. The van der Waals surface area contributed by atoms with E-state index in [1.165, 1.54) is 18.2 Å². The van der Waals surface area contributed by atoms with Crippen molar-refractivity contribution in [2.45, 2.75) is 13.5 Å². The zero-order valence-electron chi connectivity index (χ0n) is 20.5. The highest BCUT2D eigenvalue weighted by molar-refractivity contribution is 5.94. The second-order valence-corrected chi connectivity index (χ2v) is 8.13. The third kappa shape index (κ3) is 5.72. The lowest BCUT2D eigenvalue weighted by atomic mass is 10.1. The molecule has 0 aliphatic rings. The Kier molecular flexibility index (Phi) is 7.97. The zero-order chi connectivity index (χ0) is 25.5. The first-order valence-corrected chi connectivity index (χ1v) is 11.5. The monoisotopic (exact) mass is 489 g/mol. The lowest BCUT2D eigenvalue weighted by Crippen LogP contribution is -2.33. The van der Waals surface area contributed by atoms with Gasteiger partial charge in [-0.25, -0.2) is 9.07 Å². The molecule has 0 unspecified atom stereocenters. The minimum atomic E-state index is -0.470. The van der Waals surface area contributed by atoms with Crippen molar-refractivity contribution in [3.05, 3.63) is 102 Å². The number of amides is 1. The molecule has 0 spiro atoms. The molecule has 0 aliphatic heterocycles. The van der Waals surface area contributed by atoms with Crippen LogP contribution in [0.25, 0.3) is 5.69 Å². The standard InChI is InChI=1S/C28H28FN3O4/c1-20-26(19-31(15-16-34-2)27(33)21-9-7-10-22(29)17-21)28(32(30-20)23-11-5-4-6-12-23)36-25-14-8-13-24(18-25)35-3/h4-14,17-18H,15-16,19H2,1-3H3. The second-order valence-electron chi connectivity index (χ2n) is 8.13. The summed E-state index contributed by atoms with van der Waals surface area (Å²) in [6, 6.07) is 22.5. The Labute approximate surface area is 209 Å². The fourth-order valence-electron chi connectivity index (χ4n) is 3.79. The van der Waals surface area contributed by atoms with Crippen molar-refractivity contribution < 1.29 is 23.4 Å². The quantitative estimate of drug-likeness (QED) is 0.298. The number of rotatable bonds is 10. The van der Waals surface area contributed by atoms with Crippen molar-refractivity contribution >= 4 is 5.91 Å².